The summed E-state index contributed by atoms with van der Waals surface area (Å²) in [4.78, 5) is 12.6. The molecular weight excluding hydrogens is 316 g/mol. The van der Waals surface area contributed by atoms with Crippen molar-refractivity contribution in [1.29, 1.82) is 0 Å². The van der Waals surface area contributed by atoms with E-state index in [0.29, 0.717) is 0 Å². The number of hydrogen-bond acceptors (Lipinski definition) is 2. The lowest BCUT2D eigenvalue weighted by Crippen LogP contribution is -2.48. The Morgan fingerprint density at radius 2 is 2.15 bits per heavy atom. The van der Waals surface area contributed by atoms with Crippen molar-refractivity contribution in [3.63, 3.8) is 0 Å². The van der Waals surface area contributed by atoms with Crippen molar-refractivity contribution in [2.45, 2.75) is 51.6 Å². The summed E-state index contributed by atoms with van der Waals surface area (Å²) in [6.07, 6.45) is 3.74. The molecule has 1 aliphatic carbocycles. The summed E-state index contributed by atoms with van der Waals surface area (Å²) in [6, 6.07) is 8.15. The Bertz CT molecular complexity index is 474. The van der Waals surface area contributed by atoms with Crippen LogP contribution in [0.15, 0.2) is 28.7 Å². The molecule has 1 amide bonds. The number of hydrogen-bond donors (Lipinski definition) is 2. The van der Waals surface area contributed by atoms with Gasteiger partial charge in [0.1, 0.15) is 0 Å². The highest BCUT2D eigenvalue weighted by molar-refractivity contribution is 9.10. The summed E-state index contributed by atoms with van der Waals surface area (Å²) in [7, 11) is 0. The van der Waals surface area contributed by atoms with Gasteiger partial charge < -0.3 is 11.1 Å². The van der Waals surface area contributed by atoms with E-state index in [1.54, 1.807) is 0 Å². The van der Waals surface area contributed by atoms with Crippen molar-refractivity contribution < 1.29 is 4.79 Å². The van der Waals surface area contributed by atoms with Gasteiger partial charge in [-0.05, 0) is 43.9 Å². The van der Waals surface area contributed by atoms with Crippen molar-refractivity contribution in [2.75, 3.05) is 0 Å². The van der Waals surface area contributed by atoms with Crippen LogP contribution in [0.5, 0.6) is 0 Å². The molecule has 3 unspecified atom stereocenters. The molecule has 0 radical (unpaired) electrons. The molecule has 4 heteroatoms. The van der Waals surface area contributed by atoms with Crippen LogP contribution in [-0.2, 0) is 4.79 Å². The summed E-state index contributed by atoms with van der Waals surface area (Å²) in [5.74, 6) is 0.0947. The average Bonchev–Trinajstić information content (AvgIpc) is 2.78. The molecule has 1 fully saturated rings. The zero-order chi connectivity index (χ0) is 14.8. The zero-order valence-electron chi connectivity index (χ0n) is 12.2. The summed E-state index contributed by atoms with van der Waals surface area (Å²) in [5.41, 5.74) is 6.85. The lowest BCUT2D eigenvalue weighted by Gasteiger charge is -2.30. The number of benzene rings is 1. The van der Waals surface area contributed by atoms with Crippen LogP contribution in [0.2, 0.25) is 0 Å². The monoisotopic (exact) mass is 338 g/mol. The number of amides is 1. The second-order valence-electron chi connectivity index (χ2n) is 5.90. The quantitative estimate of drug-likeness (QED) is 0.882. The minimum Gasteiger partial charge on any atom is -0.349 e. The second-order valence-corrected chi connectivity index (χ2v) is 6.82. The van der Waals surface area contributed by atoms with Gasteiger partial charge in [0.15, 0.2) is 0 Å². The molecule has 1 aliphatic rings. The standard InChI is InChI=1S/C16H23BrN2O/c1-3-13(11-6-8-12(17)9-7-11)19-15(20)16(2)10-4-5-14(16)18/h6-9,13-14H,3-5,10,18H2,1-2H3,(H,19,20). The van der Waals surface area contributed by atoms with E-state index in [2.05, 4.69) is 40.3 Å². The molecule has 1 aromatic rings. The van der Waals surface area contributed by atoms with Crippen LogP contribution in [0.1, 0.15) is 51.1 Å². The molecule has 0 spiro atoms. The molecule has 3 atom stereocenters. The summed E-state index contributed by atoms with van der Waals surface area (Å²) >= 11 is 3.43. The van der Waals surface area contributed by atoms with Crippen LogP contribution in [-0.4, -0.2) is 11.9 Å². The normalized spacial score (nSPS) is 27.3. The molecule has 1 aromatic carbocycles. The van der Waals surface area contributed by atoms with Gasteiger partial charge in [-0.3, -0.25) is 4.79 Å². The van der Waals surface area contributed by atoms with Gasteiger partial charge >= 0.3 is 0 Å². The first-order valence-electron chi connectivity index (χ1n) is 7.29. The maximum absolute atomic E-state index is 12.6. The Labute approximate surface area is 129 Å². The molecule has 2 rings (SSSR count). The SMILES string of the molecule is CCC(NC(=O)C1(C)CCCC1N)c1ccc(Br)cc1. The summed E-state index contributed by atoms with van der Waals surface area (Å²) in [5, 5.41) is 3.18. The highest BCUT2D eigenvalue weighted by atomic mass is 79.9. The Kier molecular flexibility index (Phi) is 4.86. The highest BCUT2D eigenvalue weighted by Gasteiger charge is 2.43. The molecule has 3 nitrogen and oxygen atoms in total. The van der Waals surface area contributed by atoms with Crippen LogP contribution in [0, 0.1) is 5.41 Å². The van der Waals surface area contributed by atoms with E-state index in [0.717, 1.165) is 35.7 Å². The molecule has 1 saturated carbocycles. The molecule has 20 heavy (non-hydrogen) atoms. The zero-order valence-corrected chi connectivity index (χ0v) is 13.7. The van der Waals surface area contributed by atoms with E-state index in [1.807, 2.05) is 19.1 Å². The highest BCUT2D eigenvalue weighted by Crippen LogP contribution is 2.37. The van der Waals surface area contributed by atoms with E-state index >= 15 is 0 Å². The number of halogens is 1. The van der Waals surface area contributed by atoms with Crippen LogP contribution in [0.25, 0.3) is 0 Å². The largest absolute Gasteiger partial charge is 0.349 e. The molecule has 110 valence electrons. The van der Waals surface area contributed by atoms with E-state index in [-0.39, 0.29) is 18.0 Å². The molecule has 0 aromatic heterocycles. The summed E-state index contributed by atoms with van der Waals surface area (Å²) in [6.45, 7) is 4.08. The van der Waals surface area contributed by atoms with Crippen LogP contribution in [0.4, 0.5) is 0 Å². The third-order valence-electron chi connectivity index (χ3n) is 4.53. The fraction of sp³-hybridized carbons (Fsp3) is 0.562. The first-order valence-corrected chi connectivity index (χ1v) is 8.08. The first kappa shape index (κ1) is 15.5. The van der Waals surface area contributed by atoms with Gasteiger partial charge in [0.25, 0.3) is 0 Å². The average molecular weight is 339 g/mol. The number of nitrogens with two attached hydrogens (primary N) is 1. The molecule has 0 bridgehead atoms. The topological polar surface area (TPSA) is 55.1 Å². The van der Waals surface area contributed by atoms with Crippen LogP contribution >= 0.6 is 15.9 Å². The molecule has 0 aliphatic heterocycles. The Balaban J connectivity index is 2.10. The van der Waals surface area contributed by atoms with Gasteiger partial charge in [-0.1, -0.05) is 41.4 Å². The van der Waals surface area contributed by atoms with Gasteiger partial charge in [0.2, 0.25) is 5.91 Å². The molecule has 0 saturated heterocycles. The van der Waals surface area contributed by atoms with Crippen molar-refractivity contribution >= 4 is 21.8 Å². The predicted molar refractivity (Wildman–Crippen MR) is 85.3 cm³/mol. The minimum absolute atomic E-state index is 0.0232. The lowest BCUT2D eigenvalue weighted by atomic mass is 9.83. The van der Waals surface area contributed by atoms with E-state index < -0.39 is 5.41 Å². The fourth-order valence-corrected chi connectivity index (χ4v) is 3.18. The van der Waals surface area contributed by atoms with E-state index in [9.17, 15) is 4.79 Å². The third kappa shape index (κ3) is 3.07. The molecular formula is C16H23BrN2O. The Morgan fingerprint density at radius 1 is 1.50 bits per heavy atom. The third-order valence-corrected chi connectivity index (χ3v) is 5.06. The molecule has 3 N–H and O–H groups in total. The van der Waals surface area contributed by atoms with Gasteiger partial charge in [-0.2, -0.15) is 0 Å². The maximum Gasteiger partial charge on any atom is 0.227 e. The van der Waals surface area contributed by atoms with Crippen LogP contribution < -0.4 is 11.1 Å². The van der Waals surface area contributed by atoms with Crippen LogP contribution in [0.3, 0.4) is 0 Å². The van der Waals surface area contributed by atoms with Gasteiger partial charge in [0, 0.05) is 10.5 Å². The molecule has 0 heterocycles. The van der Waals surface area contributed by atoms with Crippen molar-refractivity contribution in [2.24, 2.45) is 11.1 Å². The van der Waals surface area contributed by atoms with Gasteiger partial charge in [-0.25, -0.2) is 0 Å². The maximum atomic E-state index is 12.6. The lowest BCUT2D eigenvalue weighted by molar-refractivity contribution is -0.131. The number of nitrogens with one attached hydrogen (secondary N) is 1. The van der Waals surface area contributed by atoms with Crippen molar-refractivity contribution in [3.05, 3.63) is 34.3 Å². The predicted octanol–water partition coefficient (Wildman–Crippen LogP) is 3.53. The first-order chi connectivity index (χ1) is 9.47. The fourth-order valence-electron chi connectivity index (χ4n) is 2.91. The minimum atomic E-state index is -0.414. The van der Waals surface area contributed by atoms with Crippen molar-refractivity contribution in [3.8, 4) is 0 Å². The Morgan fingerprint density at radius 3 is 2.65 bits per heavy atom. The van der Waals surface area contributed by atoms with Gasteiger partial charge in [-0.15, -0.1) is 0 Å². The number of carbonyl (C=O) groups excluding carboxylic acids is 1. The number of carbonyl (C=O) groups is 1. The van der Waals surface area contributed by atoms with Gasteiger partial charge in [0.05, 0.1) is 11.5 Å². The smallest absolute Gasteiger partial charge is 0.227 e. The summed E-state index contributed by atoms with van der Waals surface area (Å²) < 4.78 is 1.05. The number of rotatable bonds is 4. The van der Waals surface area contributed by atoms with Crippen molar-refractivity contribution in [1.82, 2.24) is 5.32 Å². The Hall–Kier alpha value is -0.870. The van der Waals surface area contributed by atoms with E-state index in [4.69, 9.17) is 5.73 Å². The van der Waals surface area contributed by atoms with E-state index in [1.165, 1.54) is 0 Å². The second kappa shape index (κ2) is 6.27.